The second kappa shape index (κ2) is 27.4. The van der Waals surface area contributed by atoms with E-state index >= 15 is 0 Å². The molecule has 1 aliphatic heterocycles. The van der Waals surface area contributed by atoms with Gasteiger partial charge < -0.3 is 80.5 Å². The highest BCUT2D eigenvalue weighted by Crippen LogP contribution is 2.52. The summed E-state index contributed by atoms with van der Waals surface area (Å²) in [7, 11) is 1.28. The fraction of sp³-hybridized carbons (Fsp3) is 0.414. The first-order valence-electron chi connectivity index (χ1n) is 26.5. The summed E-state index contributed by atoms with van der Waals surface area (Å²) in [5.41, 5.74) is -2.88. The van der Waals surface area contributed by atoms with E-state index in [0.717, 1.165) is 5.56 Å². The number of benzene rings is 4. The number of alkyl carbamates (subject to hydrolysis) is 3. The van der Waals surface area contributed by atoms with Gasteiger partial charge in [-0.05, 0) is 61.4 Å². The third-order valence-corrected chi connectivity index (χ3v) is 14.2. The first-order valence-corrected chi connectivity index (χ1v) is 26.5. The second-order valence-corrected chi connectivity index (χ2v) is 20.3. The van der Waals surface area contributed by atoms with E-state index in [9.17, 15) is 63.9 Å². The van der Waals surface area contributed by atoms with Crippen molar-refractivity contribution in [3.63, 3.8) is 0 Å². The average molecular weight is 1140 g/mol. The Labute approximate surface area is 471 Å². The highest BCUT2D eigenvalue weighted by Gasteiger charge is 2.50. The van der Waals surface area contributed by atoms with Gasteiger partial charge >= 0.3 is 18.3 Å². The summed E-state index contributed by atoms with van der Waals surface area (Å²) in [5.74, 6) is -5.99. The van der Waals surface area contributed by atoms with Gasteiger partial charge in [0, 0.05) is 48.2 Å². The molecule has 2 aliphatic carbocycles. The molecule has 10 N–H and O–H groups in total. The van der Waals surface area contributed by atoms with Gasteiger partial charge in [-0.1, -0.05) is 81.1 Å². The van der Waals surface area contributed by atoms with Crippen LogP contribution in [0.15, 0.2) is 85.5 Å². The van der Waals surface area contributed by atoms with Crippen LogP contribution in [0.1, 0.15) is 113 Å². The van der Waals surface area contributed by atoms with E-state index in [0.29, 0.717) is 24.1 Å². The number of hydrogen-bond acceptors (Lipinski definition) is 19. The molecule has 1 saturated heterocycles. The SMILES string of the molecule is C=CCOC(=O)NCCCCC(NC(=O)[C@@H](NC(=O)OCc1ccccc1)C(C)C)C(=O)Nc1ccc(COC(=O)NC2CC(OC3C[C@](O)(C(=O)CO)Cc4c(O)c5c(c(O)c43)C(=O)c3c(OC)cccc3C5=O)OC(C)C2O)cc1. The molecule has 7 rings (SSSR count). The fourth-order valence-corrected chi connectivity index (χ4v) is 9.92. The van der Waals surface area contributed by atoms with Crippen LogP contribution in [0.4, 0.5) is 20.1 Å². The zero-order chi connectivity index (χ0) is 59.4. The quantitative estimate of drug-likeness (QED) is 0.0187. The Bertz CT molecular complexity index is 3040. The predicted octanol–water partition coefficient (Wildman–Crippen LogP) is 4.43. The van der Waals surface area contributed by atoms with Crippen LogP contribution in [-0.4, -0.2) is 142 Å². The highest BCUT2D eigenvalue weighted by molar-refractivity contribution is 6.31. The van der Waals surface area contributed by atoms with Crippen LogP contribution in [0.5, 0.6) is 17.2 Å². The maximum absolute atomic E-state index is 14.1. The number of carbonyl (C=O) groups is 8. The summed E-state index contributed by atoms with van der Waals surface area (Å²) in [6.07, 6.45) is -7.01. The van der Waals surface area contributed by atoms with Crippen molar-refractivity contribution in [1.82, 2.24) is 21.3 Å². The zero-order valence-corrected chi connectivity index (χ0v) is 45.6. The van der Waals surface area contributed by atoms with Gasteiger partial charge in [-0.2, -0.15) is 0 Å². The van der Waals surface area contributed by atoms with Crippen LogP contribution in [0.3, 0.4) is 0 Å². The maximum Gasteiger partial charge on any atom is 0.408 e. The molecule has 24 heteroatoms. The standard InChI is InChI=1S/C58H67N5O19/c1-6-23-78-55(73)59-22-11-10-16-37(61-54(72)47(30(2)3)63-57(75)80-28-32-13-8-7-9-14-32)53(71)60-34-20-18-33(19-21-34)29-79-56(74)62-38-24-42(81-31(4)48(38)66)82-40-26-58(76,41(65)27-64)25-36-44(40)52(70)46-45(50(36)68)49(67)35-15-12-17-39(77-5)43(35)51(46)69/h6-9,12-15,17-21,30-31,37-38,40,42,47-48,64,66,68,70,76H,1,10-11,16,22-29H2,2-5H3,(H,59,73)(H,60,71)(H,61,72)(H,62,74)(H,63,75)/t31?,37?,38?,40?,42?,47-,48?,58-/m0/s1. The van der Waals surface area contributed by atoms with Crippen LogP contribution < -0.4 is 31.3 Å². The summed E-state index contributed by atoms with van der Waals surface area (Å²) < 4.78 is 33.3. The molecule has 24 nitrogen and oxygen atoms in total. The Balaban J connectivity index is 0.986. The number of rotatable bonds is 23. The monoisotopic (exact) mass is 1140 g/mol. The van der Waals surface area contributed by atoms with Crippen molar-refractivity contribution in [1.29, 1.82) is 0 Å². The molecule has 0 spiro atoms. The number of anilines is 1. The first kappa shape index (κ1) is 61.2. The lowest BCUT2D eigenvalue weighted by molar-refractivity contribution is -0.249. The highest BCUT2D eigenvalue weighted by atomic mass is 16.7. The Kier molecular flexibility index (Phi) is 20.4. The molecule has 4 aromatic rings. The number of hydrogen-bond donors (Lipinski definition) is 10. The minimum absolute atomic E-state index is 0.0241. The van der Waals surface area contributed by atoms with E-state index in [1.807, 2.05) is 6.07 Å². The smallest absolute Gasteiger partial charge is 0.408 e. The average Bonchev–Trinajstić information content (AvgIpc) is 1.65. The molecule has 1 fully saturated rings. The van der Waals surface area contributed by atoms with Crippen LogP contribution in [0.25, 0.3) is 0 Å². The van der Waals surface area contributed by atoms with Crippen LogP contribution in [-0.2, 0) is 57.7 Å². The van der Waals surface area contributed by atoms with E-state index in [2.05, 4.69) is 33.2 Å². The van der Waals surface area contributed by atoms with Crippen molar-refractivity contribution < 1.29 is 92.3 Å². The number of Topliss-reactive ketones (excluding diaryl/α,β-unsaturated/α-hetero) is 1. The van der Waals surface area contributed by atoms with Crippen LogP contribution in [0.2, 0.25) is 0 Å². The van der Waals surface area contributed by atoms with Gasteiger partial charge in [0.25, 0.3) is 0 Å². The number of methoxy groups -OCH3 is 1. The third kappa shape index (κ3) is 14.4. The molecule has 0 aromatic heterocycles. The first-order chi connectivity index (χ1) is 39.2. The third-order valence-electron chi connectivity index (χ3n) is 14.2. The fourth-order valence-electron chi connectivity index (χ4n) is 9.92. The molecular formula is C58H67N5O19. The number of aliphatic hydroxyl groups excluding tert-OH is 2. The Morgan fingerprint density at radius 2 is 1.50 bits per heavy atom. The van der Waals surface area contributed by atoms with E-state index in [1.165, 1.54) is 50.4 Å². The number of ether oxygens (including phenoxy) is 6. The lowest BCUT2D eigenvalue weighted by atomic mass is 9.72. The minimum atomic E-state index is -2.42. The number of phenols is 2. The number of ketones is 3. The summed E-state index contributed by atoms with van der Waals surface area (Å²) in [6.45, 7) is 7.21. The van der Waals surface area contributed by atoms with Gasteiger partial charge in [0.05, 0.1) is 42.0 Å². The molecule has 0 saturated carbocycles. The van der Waals surface area contributed by atoms with Crippen LogP contribution >= 0.6 is 0 Å². The number of aromatic hydroxyl groups is 2. The Morgan fingerprint density at radius 3 is 2.17 bits per heavy atom. The van der Waals surface area contributed by atoms with Gasteiger partial charge in [-0.3, -0.25) is 24.0 Å². The molecule has 438 valence electrons. The Morgan fingerprint density at radius 1 is 0.817 bits per heavy atom. The van der Waals surface area contributed by atoms with Crippen molar-refractivity contribution >= 4 is 53.1 Å². The van der Waals surface area contributed by atoms with E-state index in [-0.39, 0.29) is 67.2 Å². The van der Waals surface area contributed by atoms with Gasteiger partial charge in [-0.25, -0.2) is 14.4 Å². The predicted molar refractivity (Wildman–Crippen MR) is 290 cm³/mol. The molecular weight excluding hydrogens is 1070 g/mol. The number of phenolic OH excluding ortho intramolecular Hbond substituents is 2. The molecule has 4 aromatic carbocycles. The summed E-state index contributed by atoms with van der Waals surface area (Å²) >= 11 is 0. The summed E-state index contributed by atoms with van der Waals surface area (Å²) in [5, 5.41) is 69.6. The summed E-state index contributed by atoms with van der Waals surface area (Å²) in [6, 6.07) is 16.1. The van der Waals surface area contributed by atoms with Gasteiger partial charge in [0.15, 0.2) is 17.9 Å². The van der Waals surface area contributed by atoms with Crippen LogP contribution in [0, 0.1) is 5.92 Å². The normalized spacial score (nSPS) is 20.6. The topological polar surface area (TPSA) is 353 Å². The molecule has 82 heavy (non-hydrogen) atoms. The Hall–Kier alpha value is -8.42. The van der Waals surface area contributed by atoms with Crippen molar-refractivity contribution in [3.05, 3.63) is 130 Å². The number of nitrogens with one attached hydrogen (secondary N) is 5. The minimum Gasteiger partial charge on any atom is -0.507 e. The number of amides is 5. The summed E-state index contributed by atoms with van der Waals surface area (Å²) in [4.78, 5) is 107. The largest absolute Gasteiger partial charge is 0.507 e. The number of fused-ring (bicyclic) bond motifs is 3. The number of aliphatic hydroxyl groups is 3. The van der Waals surface area contributed by atoms with E-state index in [1.54, 1.807) is 50.2 Å². The molecule has 0 bridgehead atoms. The van der Waals surface area contributed by atoms with Gasteiger partial charge in [0.1, 0.15) is 67.5 Å². The van der Waals surface area contributed by atoms with Gasteiger partial charge in [0.2, 0.25) is 17.6 Å². The number of unbranched alkanes of at least 4 members (excludes halogenated alkanes) is 1. The van der Waals surface area contributed by atoms with Crippen molar-refractivity contribution in [2.45, 2.75) is 121 Å². The van der Waals surface area contributed by atoms with Gasteiger partial charge in [-0.15, -0.1) is 0 Å². The van der Waals surface area contributed by atoms with Crippen molar-refractivity contribution in [2.75, 3.05) is 32.2 Å². The maximum atomic E-state index is 14.1. The molecule has 0 radical (unpaired) electrons. The molecule has 5 amide bonds. The number of carbonyl (C=O) groups excluding carboxylic acids is 8. The lowest BCUT2D eigenvalue weighted by Crippen LogP contribution is -2.56. The molecule has 1 heterocycles. The van der Waals surface area contributed by atoms with Crippen molar-refractivity contribution in [2.24, 2.45) is 5.92 Å². The second-order valence-electron chi connectivity index (χ2n) is 20.3. The zero-order valence-electron chi connectivity index (χ0n) is 45.6. The molecule has 8 atom stereocenters. The van der Waals surface area contributed by atoms with E-state index in [4.69, 9.17) is 28.4 Å². The lowest BCUT2D eigenvalue weighted by Gasteiger charge is -2.42. The molecule has 6 unspecified atom stereocenters. The molecule has 3 aliphatic rings. The van der Waals surface area contributed by atoms with Crippen molar-refractivity contribution in [3.8, 4) is 17.2 Å². The van der Waals surface area contributed by atoms with E-state index < -0.39 is 144 Å².